The van der Waals surface area contributed by atoms with Crippen LogP contribution in [0.15, 0.2) is 0 Å². The molecule has 0 radical (unpaired) electrons. The molecule has 22 heavy (non-hydrogen) atoms. The molecule has 0 aliphatic heterocycles. The van der Waals surface area contributed by atoms with Crippen molar-refractivity contribution in [1.82, 2.24) is 0 Å². The maximum Gasteiger partial charge on any atom is 0.0892 e. The van der Waals surface area contributed by atoms with Gasteiger partial charge in [-0.15, -0.1) is 23.2 Å². The first-order valence-corrected chi connectivity index (χ1v) is 12.5. The molecular weight excluding hydrogens is 351 g/mol. The van der Waals surface area contributed by atoms with Crippen LogP contribution in [0.2, 0.25) is 0 Å². The van der Waals surface area contributed by atoms with Crippen molar-refractivity contribution in [2.24, 2.45) is 0 Å². The third kappa shape index (κ3) is 17.6. The van der Waals surface area contributed by atoms with Crippen LogP contribution in [0, 0.1) is 0 Å². The zero-order chi connectivity index (χ0) is 16.5. The molecule has 0 amide bonds. The molecule has 0 rings (SSSR count). The molecule has 0 nitrogen and oxygen atoms in total. The van der Waals surface area contributed by atoms with Gasteiger partial charge in [-0.25, -0.2) is 0 Å². The Morgan fingerprint density at radius 3 is 1.23 bits per heavy atom. The molecule has 134 valence electrons. The maximum atomic E-state index is 6.37. The molecule has 0 aliphatic carbocycles. The van der Waals surface area contributed by atoms with Crippen LogP contribution in [0.25, 0.3) is 0 Å². The van der Waals surface area contributed by atoms with Gasteiger partial charge in [0.1, 0.15) is 0 Å². The summed E-state index contributed by atoms with van der Waals surface area (Å²) < 4.78 is 0.448. The van der Waals surface area contributed by atoms with Gasteiger partial charge in [0.2, 0.25) is 0 Å². The van der Waals surface area contributed by atoms with Crippen LogP contribution in [-0.4, -0.2) is 9.42 Å². The van der Waals surface area contributed by atoms with Crippen molar-refractivity contribution in [2.75, 3.05) is 0 Å². The van der Waals surface area contributed by atoms with E-state index in [1.807, 2.05) is 0 Å². The van der Waals surface area contributed by atoms with E-state index in [0.29, 0.717) is 0 Å². The highest BCUT2D eigenvalue weighted by Gasteiger charge is 2.10. The summed E-state index contributed by atoms with van der Waals surface area (Å²) in [5.41, 5.74) is 0. The Kier molecular flexibility index (Phi) is 19.7. The van der Waals surface area contributed by atoms with Crippen molar-refractivity contribution < 1.29 is 0 Å². The lowest BCUT2D eigenvalue weighted by Gasteiger charge is -2.12. The van der Waals surface area contributed by atoms with Crippen molar-refractivity contribution in [3.63, 3.8) is 0 Å². The highest BCUT2D eigenvalue weighted by Crippen LogP contribution is 2.39. The van der Waals surface area contributed by atoms with E-state index in [0.717, 1.165) is 12.8 Å². The summed E-state index contributed by atoms with van der Waals surface area (Å²) in [7, 11) is 3.55. The van der Waals surface area contributed by atoms with Crippen LogP contribution in [0.5, 0.6) is 0 Å². The summed E-state index contributed by atoms with van der Waals surface area (Å²) in [5.74, 6) is 0. The van der Waals surface area contributed by atoms with Crippen LogP contribution < -0.4 is 0 Å². The summed E-state index contributed by atoms with van der Waals surface area (Å²) in [6.07, 6.45) is 18.3. The van der Waals surface area contributed by atoms with Crippen molar-refractivity contribution in [2.45, 2.75) is 113 Å². The summed E-state index contributed by atoms with van der Waals surface area (Å²) in [5, 5.41) is 0. The molecule has 0 saturated carbocycles. The van der Waals surface area contributed by atoms with E-state index in [1.54, 1.807) is 21.6 Å². The first-order valence-electron chi connectivity index (χ1n) is 9.31. The standard InChI is InChI=1S/C18H36Cl2S2/c1-3-5-7-9-11-13-15-17(19)21-22-18(20)16-14-12-10-8-6-4-2/h17-18H,3-16H2,1-2H3. The average molecular weight is 388 g/mol. The smallest absolute Gasteiger partial charge is 0.0892 e. The number of hydrogen-bond acceptors (Lipinski definition) is 2. The second kappa shape index (κ2) is 18.6. The topological polar surface area (TPSA) is 0 Å². The molecule has 0 spiro atoms. The minimum Gasteiger partial charge on any atom is -0.110 e. The maximum absolute atomic E-state index is 6.37. The van der Waals surface area contributed by atoms with Crippen LogP contribution in [0.4, 0.5) is 0 Å². The van der Waals surface area contributed by atoms with E-state index >= 15 is 0 Å². The highest BCUT2D eigenvalue weighted by molar-refractivity contribution is 8.77. The van der Waals surface area contributed by atoms with Gasteiger partial charge >= 0.3 is 0 Å². The SMILES string of the molecule is CCCCCCCCC(Cl)SSC(Cl)CCCCCCCC. The van der Waals surface area contributed by atoms with E-state index in [4.69, 9.17) is 23.2 Å². The molecule has 0 heterocycles. The monoisotopic (exact) mass is 386 g/mol. The summed E-state index contributed by atoms with van der Waals surface area (Å²) in [6.45, 7) is 4.52. The van der Waals surface area contributed by atoms with Gasteiger partial charge in [0.15, 0.2) is 0 Å². The lowest BCUT2D eigenvalue weighted by Crippen LogP contribution is -1.95. The zero-order valence-corrected chi connectivity index (χ0v) is 17.8. The molecule has 2 atom stereocenters. The number of halogens is 2. The Hall–Kier alpha value is 1.28. The molecule has 4 heteroatoms. The van der Waals surface area contributed by atoms with Gasteiger partial charge in [0.05, 0.1) is 9.42 Å². The summed E-state index contributed by atoms with van der Waals surface area (Å²) in [6, 6.07) is 0. The number of rotatable bonds is 17. The molecule has 0 aliphatic rings. The first-order chi connectivity index (χ1) is 10.7. The molecule has 0 bridgehead atoms. The number of alkyl halides is 2. The Labute approximate surface area is 157 Å². The van der Waals surface area contributed by atoms with Gasteiger partial charge < -0.3 is 0 Å². The molecule has 0 aromatic heterocycles. The third-order valence-electron chi connectivity index (χ3n) is 3.83. The largest absolute Gasteiger partial charge is 0.110 e. The van der Waals surface area contributed by atoms with Gasteiger partial charge in [-0.1, -0.05) is 112 Å². The predicted octanol–water partition coefficient (Wildman–Crippen LogP) is 9.00. The van der Waals surface area contributed by atoms with Gasteiger partial charge in [0, 0.05) is 0 Å². The second-order valence-corrected chi connectivity index (χ2v) is 10.4. The van der Waals surface area contributed by atoms with Crippen LogP contribution in [0.3, 0.4) is 0 Å². The van der Waals surface area contributed by atoms with Gasteiger partial charge in [-0.2, -0.15) is 0 Å². The predicted molar refractivity (Wildman–Crippen MR) is 110 cm³/mol. The first kappa shape index (κ1) is 23.3. The third-order valence-corrected chi connectivity index (χ3v) is 8.17. The molecule has 0 aromatic rings. The highest BCUT2D eigenvalue weighted by atomic mass is 35.5. The average Bonchev–Trinajstić information content (AvgIpc) is 2.52. The van der Waals surface area contributed by atoms with Crippen LogP contribution in [-0.2, 0) is 0 Å². The van der Waals surface area contributed by atoms with E-state index in [2.05, 4.69) is 13.8 Å². The summed E-state index contributed by atoms with van der Waals surface area (Å²) >= 11 is 12.7. The van der Waals surface area contributed by atoms with E-state index in [-0.39, 0.29) is 9.42 Å². The lowest BCUT2D eigenvalue weighted by molar-refractivity contribution is 0.599. The van der Waals surface area contributed by atoms with Crippen LogP contribution in [0.1, 0.15) is 104 Å². The Bertz CT molecular complexity index is 193. The fraction of sp³-hybridized carbons (Fsp3) is 1.00. The van der Waals surface area contributed by atoms with Crippen molar-refractivity contribution in [3.05, 3.63) is 0 Å². The fourth-order valence-electron chi connectivity index (χ4n) is 2.39. The lowest BCUT2D eigenvalue weighted by atomic mass is 10.1. The molecule has 0 aromatic carbocycles. The van der Waals surface area contributed by atoms with E-state index < -0.39 is 0 Å². The molecular formula is C18H36Cl2S2. The van der Waals surface area contributed by atoms with Gasteiger partial charge in [-0.3, -0.25) is 0 Å². The van der Waals surface area contributed by atoms with E-state index in [1.165, 1.54) is 77.0 Å². The quantitative estimate of drug-likeness (QED) is 0.139. The molecule has 0 saturated heterocycles. The Morgan fingerprint density at radius 2 is 0.864 bits per heavy atom. The molecule has 2 unspecified atom stereocenters. The van der Waals surface area contributed by atoms with Crippen molar-refractivity contribution in [3.8, 4) is 0 Å². The van der Waals surface area contributed by atoms with Gasteiger partial charge in [-0.05, 0) is 12.8 Å². The van der Waals surface area contributed by atoms with Crippen LogP contribution >= 0.6 is 44.8 Å². The Balaban J connectivity index is 3.31. The summed E-state index contributed by atoms with van der Waals surface area (Å²) in [4.78, 5) is 0. The van der Waals surface area contributed by atoms with Crippen molar-refractivity contribution >= 4 is 44.8 Å². The second-order valence-electron chi connectivity index (χ2n) is 6.13. The molecule has 0 fully saturated rings. The zero-order valence-electron chi connectivity index (χ0n) is 14.6. The fourth-order valence-corrected chi connectivity index (χ4v) is 5.52. The normalized spacial score (nSPS) is 14.2. The minimum absolute atomic E-state index is 0.224. The number of unbranched alkanes of at least 4 members (excludes halogenated alkanes) is 10. The minimum atomic E-state index is 0.224. The van der Waals surface area contributed by atoms with E-state index in [9.17, 15) is 0 Å². The van der Waals surface area contributed by atoms with Crippen molar-refractivity contribution in [1.29, 1.82) is 0 Å². The number of hydrogen-bond donors (Lipinski definition) is 0. The Morgan fingerprint density at radius 1 is 0.545 bits per heavy atom. The molecule has 0 N–H and O–H groups in total. The van der Waals surface area contributed by atoms with Gasteiger partial charge in [0.25, 0.3) is 0 Å².